The molecule has 5 heteroatoms. The fraction of sp³-hybridized carbons (Fsp3) is 0.273. The molecule has 0 aliphatic heterocycles. The summed E-state index contributed by atoms with van der Waals surface area (Å²) in [6, 6.07) is 4.52. The van der Waals surface area contributed by atoms with Gasteiger partial charge in [0.2, 0.25) is 0 Å². The van der Waals surface area contributed by atoms with Crippen molar-refractivity contribution in [3.63, 3.8) is 0 Å². The van der Waals surface area contributed by atoms with Gasteiger partial charge >= 0.3 is 0 Å². The van der Waals surface area contributed by atoms with E-state index < -0.39 is 0 Å². The first-order chi connectivity index (χ1) is 7.58. The van der Waals surface area contributed by atoms with Crippen LogP contribution in [0.3, 0.4) is 0 Å². The molecule has 0 saturated heterocycles. The Bertz CT molecular complexity index is 508. The van der Waals surface area contributed by atoms with Crippen molar-refractivity contribution in [1.82, 2.24) is 15.0 Å². The fourth-order valence-corrected chi connectivity index (χ4v) is 1.55. The molecule has 1 aromatic heterocycles. The van der Waals surface area contributed by atoms with Crippen LogP contribution < -0.4 is 0 Å². The van der Waals surface area contributed by atoms with E-state index in [-0.39, 0.29) is 11.2 Å². The quantitative estimate of drug-likeness (QED) is 0.755. The Morgan fingerprint density at radius 3 is 2.75 bits per heavy atom. The maximum Gasteiger partial charge on any atom is 0.123 e. The molecule has 2 aromatic rings. The molecule has 1 atom stereocenters. The summed E-state index contributed by atoms with van der Waals surface area (Å²) < 4.78 is 14.5. The van der Waals surface area contributed by atoms with Crippen molar-refractivity contribution < 1.29 is 4.39 Å². The maximum absolute atomic E-state index is 12.9. The molecule has 1 heterocycles. The number of hydrogen-bond acceptors (Lipinski definition) is 2. The van der Waals surface area contributed by atoms with Crippen LogP contribution in [0.15, 0.2) is 24.4 Å². The van der Waals surface area contributed by atoms with Gasteiger partial charge in [-0.05, 0) is 37.6 Å². The zero-order valence-electron chi connectivity index (χ0n) is 8.98. The molecule has 0 saturated carbocycles. The highest BCUT2D eigenvalue weighted by atomic mass is 35.5. The van der Waals surface area contributed by atoms with Gasteiger partial charge in [-0.25, -0.2) is 9.07 Å². The standard InChI is InChI=1S/C11H11ClFN3/c1-7-5-9(13)3-4-11(7)16-6-10(8(2)12)14-15-16/h3-6,8H,1-2H3. The van der Waals surface area contributed by atoms with Gasteiger partial charge in [-0.2, -0.15) is 0 Å². The van der Waals surface area contributed by atoms with E-state index in [9.17, 15) is 4.39 Å². The predicted molar refractivity (Wildman–Crippen MR) is 60.3 cm³/mol. The molecule has 16 heavy (non-hydrogen) atoms. The topological polar surface area (TPSA) is 30.7 Å². The monoisotopic (exact) mass is 239 g/mol. The first kappa shape index (κ1) is 11.1. The normalized spacial score (nSPS) is 12.8. The Labute approximate surface area is 97.8 Å². The average Bonchev–Trinajstić information content (AvgIpc) is 2.66. The Hall–Kier alpha value is -1.42. The van der Waals surface area contributed by atoms with E-state index in [1.54, 1.807) is 16.9 Å². The highest BCUT2D eigenvalue weighted by Gasteiger charge is 2.09. The van der Waals surface area contributed by atoms with Gasteiger partial charge in [0, 0.05) is 0 Å². The molecule has 0 bridgehead atoms. The zero-order chi connectivity index (χ0) is 11.7. The van der Waals surface area contributed by atoms with Crippen LogP contribution in [0.25, 0.3) is 5.69 Å². The predicted octanol–water partition coefficient (Wildman–Crippen LogP) is 3.01. The van der Waals surface area contributed by atoms with Crippen LogP contribution in [0.5, 0.6) is 0 Å². The van der Waals surface area contributed by atoms with Crippen LogP contribution in [0.2, 0.25) is 0 Å². The average molecular weight is 240 g/mol. The van der Waals surface area contributed by atoms with Crippen LogP contribution in [-0.2, 0) is 0 Å². The van der Waals surface area contributed by atoms with Gasteiger partial charge in [0.05, 0.1) is 17.3 Å². The van der Waals surface area contributed by atoms with Crippen molar-refractivity contribution in [2.75, 3.05) is 0 Å². The molecular formula is C11H11ClFN3. The van der Waals surface area contributed by atoms with E-state index in [1.165, 1.54) is 12.1 Å². The lowest BCUT2D eigenvalue weighted by molar-refractivity contribution is 0.625. The Morgan fingerprint density at radius 2 is 2.19 bits per heavy atom. The third kappa shape index (κ3) is 2.07. The van der Waals surface area contributed by atoms with Gasteiger partial charge in [-0.3, -0.25) is 0 Å². The molecule has 0 aliphatic carbocycles. The summed E-state index contributed by atoms with van der Waals surface area (Å²) in [7, 11) is 0. The van der Waals surface area contributed by atoms with Crippen molar-refractivity contribution in [3.8, 4) is 5.69 Å². The van der Waals surface area contributed by atoms with Crippen LogP contribution >= 0.6 is 11.6 Å². The summed E-state index contributed by atoms with van der Waals surface area (Å²) in [5, 5.41) is 7.72. The highest BCUT2D eigenvalue weighted by molar-refractivity contribution is 6.20. The number of nitrogens with zero attached hydrogens (tertiary/aromatic N) is 3. The number of aromatic nitrogens is 3. The number of alkyl halides is 1. The number of halogens is 2. The SMILES string of the molecule is Cc1cc(F)ccc1-n1cc(C(C)Cl)nn1. The molecule has 0 N–H and O–H groups in total. The van der Waals surface area contributed by atoms with E-state index >= 15 is 0 Å². The minimum atomic E-state index is -0.257. The first-order valence-electron chi connectivity index (χ1n) is 4.91. The smallest absolute Gasteiger partial charge is 0.123 e. The molecule has 1 unspecified atom stereocenters. The summed E-state index contributed by atoms with van der Waals surface area (Å²) in [5.41, 5.74) is 2.31. The summed E-state index contributed by atoms with van der Waals surface area (Å²) in [4.78, 5) is 0. The summed E-state index contributed by atoms with van der Waals surface area (Å²) in [6.45, 7) is 3.65. The fourth-order valence-electron chi connectivity index (χ4n) is 1.45. The number of hydrogen-bond donors (Lipinski definition) is 0. The zero-order valence-corrected chi connectivity index (χ0v) is 9.74. The largest absolute Gasteiger partial charge is 0.220 e. The molecule has 2 rings (SSSR count). The van der Waals surface area contributed by atoms with Gasteiger partial charge < -0.3 is 0 Å². The van der Waals surface area contributed by atoms with E-state index in [2.05, 4.69) is 10.3 Å². The number of aryl methyl sites for hydroxylation is 1. The maximum atomic E-state index is 12.9. The molecular weight excluding hydrogens is 229 g/mol. The van der Waals surface area contributed by atoms with E-state index in [0.717, 1.165) is 11.3 Å². The first-order valence-corrected chi connectivity index (χ1v) is 5.34. The van der Waals surface area contributed by atoms with E-state index in [0.29, 0.717) is 5.69 Å². The van der Waals surface area contributed by atoms with Crippen molar-refractivity contribution in [2.45, 2.75) is 19.2 Å². The van der Waals surface area contributed by atoms with Crippen molar-refractivity contribution in [1.29, 1.82) is 0 Å². The van der Waals surface area contributed by atoms with Crippen LogP contribution in [-0.4, -0.2) is 15.0 Å². The molecule has 0 radical (unpaired) electrons. The molecule has 3 nitrogen and oxygen atoms in total. The van der Waals surface area contributed by atoms with Gasteiger partial charge in [-0.1, -0.05) is 5.21 Å². The molecule has 0 spiro atoms. The van der Waals surface area contributed by atoms with Crippen molar-refractivity contribution in [3.05, 3.63) is 41.5 Å². The van der Waals surface area contributed by atoms with Gasteiger partial charge in [0.25, 0.3) is 0 Å². The minimum Gasteiger partial charge on any atom is -0.220 e. The lowest BCUT2D eigenvalue weighted by Gasteiger charge is -2.04. The molecule has 84 valence electrons. The van der Waals surface area contributed by atoms with Crippen molar-refractivity contribution in [2.24, 2.45) is 0 Å². The second-order valence-corrected chi connectivity index (χ2v) is 4.29. The van der Waals surface area contributed by atoms with Gasteiger partial charge in [-0.15, -0.1) is 16.7 Å². The van der Waals surface area contributed by atoms with Crippen LogP contribution in [0.1, 0.15) is 23.6 Å². The molecule has 0 amide bonds. The second-order valence-electron chi connectivity index (χ2n) is 3.63. The van der Waals surface area contributed by atoms with Gasteiger partial charge in [0.15, 0.2) is 0 Å². The summed E-state index contributed by atoms with van der Waals surface area (Å²) in [6.07, 6.45) is 1.75. The summed E-state index contributed by atoms with van der Waals surface area (Å²) in [5.74, 6) is -0.257. The second kappa shape index (κ2) is 4.22. The highest BCUT2D eigenvalue weighted by Crippen LogP contribution is 2.19. The van der Waals surface area contributed by atoms with Gasteiger partial charge in [0.1, 0.15) is 11.5 Å². The lowest BCUT2D eigenvalue weighted by atomic mass is 10.2. The van der Waals surface area contributed by atoms with E-state index in [4.69, 9.17) is 11.6 Å². The Morgan fingerprint density at radius 1 is 1.44 bits per heavy atom. The Kier molecular flexibility index (Phi) is 2.92. The third-order valence-electron chi connectivity index (χ3n) is 2.32. The van der Waals surface area contributed by atoms with Crippen LogP contribution in [0.4, 0.5) is 4.39 Å². The number of rotatable bonds is 2. The Balaban J connectivity index is 2.42. The lowest BCUT2D eigenvalue weighted by Crippen LogP contribution is -1.98. The number of benzene rings is 1. The van der Waals surface area contributed by atoms with Crippen molar-refractivity contribution >= 4 is 11.6 Å². The summed E-state index contributed by atoms with van der Waals surface area (Å²) >= 11 is 5.89. The molecule has 1 aromatic carbocycles. The van der Waals surface area contributed by atoms with E-state index in [1.807, 2.05) is 13.8 Å². The minimum absolute atomic E-state index is 0.186. The molecule has 0 aliphatic rings. The molecule has 0 fully saturated rings. The van der Waals surface area contributed by atoms with Crippen LogP contribution in [0, 0.1) is 12.7 Å². The third-order valence-corrected chi connectivity index (χ3v) is 2.55.